The van der Waals surface area contributed by atoms with E-state index in [1.165, 1.54) is 12.4 Å². The molecule has 1 aromatic heterocycles. The van der Waals surface area contributed by atoms with Gasteiger partial charge in [0.05, 0.1) is 10.5 Å². The quantitative estimate of drug-likeness (QED) is 0.824. The molecule has 0 unspecified atom stereocenters. The highest BCUT2D eigenvalue weighted by Gasteiger charge is 2.25. The Morgan fingerprint density at radius 1 is 1.15 bits per heavy atom. The molecule has 0 aliphatic carbocycles. The largest absolute Gasteiger partial charge is 0.339 e. The lowest BCUT2D eigenvalue weighted by atomic mass is 9.96. The van der Waals surface area contributed by atoms with Gasteiger partial charge in [0.15, 0.2) is 0 Å². The first kappa shape index (κ1) is 19.6. The summed E-state index contributed by atoms with van der Waals surface area (Å²) in [6.07, 6.45) is 4.81. The Bertz CT molecular complexity index is 879. The minimum atomic E-state index is -3.68. The second-order valence-electron chi connectivity index (χ2n) is 7.09. The van der Waals surface area contributed by atoms with E-state index in [1.54, 1.807) is 30.3 Å². The maximum absolute atomic E-state index is 12.7. The molecule has 1 aliphatic heterocycles. The van der Waals surface area contributed by atoms with Crippen LogP contribution in [0.25, 0.3) is 0 Å². The predicted octanol–water partition coefficient (Wildman–Crippen LogP) is 2.50. The molecular weight excluding hydrogens is 362 g/mol. The molecule has 1 N–H and O–H groups in total. The highest BCUT2D eigenvalue weighted by Crippen LogP contribution is 2.20. The summed E-state index contributed by atoms with van der Waals surface area (Å²) in [4.78, 5) is 14.8. The number of carbonyl (C=O) groups is 1. The van der Waals surface area contributed by atoms with Crippen molar-refractivity contribution in [2.75, 3.05) is 26.2 Å². The smallest absolute Gasteiger partial charge is 0.267 e. The third kappa shape index (κ3) is 4.42. The summed E-state index contributed by atoms with van der Waals surface area (Å²) < 4.78 is 26.6. The van der Waals surface area contributed by atoms with Crippen LogP contribution in [0.4, 0.5) is 0 Å². The van der Waals surface area contributed by atoms with Gasteiger partial charge >= 0.3 is 0 Å². The minimum Gasteiger partial charge on any atom is -0.339 e. The van der Waals surface area contributed by atoms with Crippen molar-refractivity contribution in [1.29, 1.82) is 0 Å². The lowest BCUT2D eigenvalue weighted by molar-refractivity contribution is 0.0690. The first-order chi connectivity index (χ1) is 12.9. The van der Waals surface area contributed by atoms with E-state index in [-0.39, 0.29) is 10.8 Å². The van der Waals surface area contributed by atoms with Crippen LogP contribution < -0.4 is 5.32 Å². The van der Waals surface area contributed by atoms with Crippen LogP contribution in [0, 0.1) is 12.8 Å². The Balaban J connectivity index is 1.68. The zero-order valence-electron chi connectivity index (χ0n) is 15.9. The van der Waals surface area contributed by atoms with Gasteiger partial charge in [0.2, 0.25) is 0 Å². The Kier molecular flexibility index (Phi) is 6.01. The van der Waals surface area contributed by atoms with Crippen molar-refractivity contribution in [3.63, 3.8) is 0 Å². The number of carbonyl (C=O) groups excluding carboxylic acids is 1. The van der Waals surface area contributed by atoms with Crippen molar-refractivity contribution < 1.29 is 13.2 Å². The summed E-state index contributed by atoms with van der Waals surface area (Å²) in [7, 11) is -3.68. The number of benzene rings is 1. The second-order valence-corrected chi connectivity index (χ2v) is 8.93. The van der Waals surface area contributed by atoms with Gasteiger partial charge in [-0.3, -0.25) is 4.79 Å². The summed E-state index contributed by atoms with van der Waals surface area (Å²) in [6, 6.07) is 8.28. The molecule has 1 saturated heterocycles. The van der Waals surface area contributed by atoms with Gasteiger partial charge < -0.3 is 10.2 Å². The Morgan fingerprint density at radius 2 is 1.81 bits per heavy atom. The highest BCUT2D eigenvalue weighted by molar-refractivity contribution is 7.90. The fourth-order valence-electron chi connectivity index (χ4n) is 3.36. The van der Waals surface area contributed by atoms with Crippen LogP contribution in [-0.2, 0) is 10.0 Å². The standard InChI is InChI=1S/C20H27N3O3S/c1-3-21-14-17-8-11-22(12-9-17)20(24)18-10-13-23(15-18)27(25,26)19-6-4-16(2)5-7-19/h4-7,10,13,15,17,21H,3,8-9,11-12,14H2,1-2H3. The van der Waals surface area contributed by atoms with Gasteiger partial charge in [0.1, 0.15) is 0 Å². The van der Waals surface area contributed by atoms with E-state index in [0.29, 0.717) is 24.6 Å². The Morgan fingerprint density at radius 3 is 2.44 bits per heavy atom. The van der Waals surface area contributed by atoms with Gasteiger partial charge in [-0.05, 0) is 57.0 Å². The topological polar surface area (TPSA) is 71.4 Å². The number of likely N-dealkylation sites (tertiary alicyclic amines) is 1. The zero-order chi connectivity index (χ0) is 19.4. The molecule has 3 rings (SSSR count). The molecule has 2 aromatic rings. The van der Waals surface area contributed by atoms with E-state index in [1.807, 2.05) is 11.8 Å². The minimum absolute atomic E-state index is 0.102. The normalized spacial score (nSPS) is 15.9. The summed E-state index contributed by atoms with van der Waals surface area (Å²) in [5.74, 6) is 0.496. The summed E-state index contributed by atoms with van der Waals surface area (Å²) in [6.45, 7) is 7.37. The molecule has 0 spiro atoms. The molecule has 146 valence electrons. The van der Waals surface area contributed by atoms with Crippen LogP contribution in [0.2, 0.25) is 0 Å². The third-order valence-corrected chi connectivity index (χ3v) is 6.75. The van der Waals surface area contributed by atoms with E-state index in [2.05, 4.69) is 12.2 Å². The third-order valence-electron chi connectivity index (χ3n) is 5.10. The Labute approximate surface area is 161 Å². The van der Waals surface area contributed by atoms with Gasteiger partial charge in [0, 0.05) is 25.5 Å². The Hall–Kier alpha value is -2.12. The number of nitrogens with one attached hydrogen (secondary N) is 1. The number of amides is 1. The van der Waals surface area contributed by atoms with Gasteiger partial charge in [-0.25, -0.2) is 12.4 Å². The second kappa shape index (κ2) is 8.27. The SMILES string of the molecule is CCNCC1CCN(C(=O)c2ccn(S(=O)(=O)c3ccc(C)cc3)c2)CC1. The molecule has 0 radical (unpaired) electrons. The molecule has 0 bridgehead atoms. The van der Waals surface area contributed by atoms with Crippen molar-refractivity contribution in [1.82, 2.24) is 14.2 Å². The van der Waals surface area contributed by atoms with E-state index < -0.39 is 10.0 Å². The monoisotopic (exact) mass is 389 g/mol. The molecule has 1 fully saturated rings. The van der Waals surface area contributed by atoms with Crippen LogP contribution in [0.1, 0.15) is 35.7 Å². The first-order valence-electron chi connectivity index (χ1n) is 9.42. The van der Waals surface area contributed by atoms with Crippen molar-refractivity contribution in [2.45, 2.75) is 31.6 Å². The molecule has 27 heavy (non-hydrogen) atoms. The number of hydrogen-bond acceptors (Lipinski definition) is 4. The maximum Gasteiger partial charge on any atom is 0.267 e. The summed E-state index contributed by atoms with van der Waals surface area (Å²) in [5, 5.41) is 3.36. The summed E-state index contributed by atoms with van der Waals surface area (Å²) in [5.41, 5.74) is 1.41. The molecule has 6 nitrogen and oxygen atoms in total. The van der Waals surface area contributed by atoms with Crippen LogP contribution >= 0.6 is 0 Å². The molecule has 0 saturated carbocycles. The number of aryl methyl sites for hydroxylation is 1. The fourth-order valence-corrected chi connectivity index (χ4v) is 4.55. The van der Waals surface area contributed by atoms with E-state index in [9.17, 15) is 13.2 Å². The molecule has 1 amide bonds. The summed E-state index contributed by atoms with van der Waals surface area (Å²) >= 11 is 0. The average molecular weight is 390 g/mol. The van der Waals surface area contributed by atoms with Crippen LogP contribution in [0.3, 0.4) is 0 Å². The first-order valence-corrected chi connectivity index (χ1v) is 10.9. The van der Waals surface area contributed by atoms with Crippen LogP contribution in [0.15, 0.2) is 47.6 Å². The van der Waals surface area contributed by atoms with Crippen molar-refractivity contribution in [3.8, 4) is 0 Å². The van der Waals surface area contributed by atoms with Gasteiger partial charge in [-0.1, -0.05) is 24.6 Å². The van der Waals surface area contributed by atoms with Crippen molar-refractivity contribution in [2.24, 2.45) is 5.92 Å². The molecule has 7 heteroatoms. The fraction of sp³-hybridized carbons (Fsp3) is 0.450. The average Bonchev–Trinajstić information content (AvgIpc) is 3.17. The molecule has 1 aromatic carbocycles. The van der Waals surface area contributed by atoms with Gasteiger partial charge in [-0.15, -0.1) is 0 Å². The number of rotatable bonds is 6. The number of hydrogen-bond donors (Lipinski definition) is 1. The highest BCUT2D eigenvalue weighted by atomic mass is 32.2. The number of piperidine rings is 1. The van der Waals surface area contributed by atoms with Crippen LogP contribution in [-0.4, -0.2) is 49.4 Å². The zero-order valence-corrected chi connectivity index (χ0v) is 16.7. The lowest BCUT2D eigenvalue weighted by Gasteiger charge is -2.32. The van der Waals surface area contributed by atoms with Crippen molar-refractivity contribution >= 4 is 15.9 Å². The van der Waals surface area contributed by atoms with E-state index in [4.69, 9.17) is 0 Å². The maximum atomic E-state index is 12.7. The van der Waals surface area contributed by atoms with Crippen LogP contribution in [0.5, 0.6) is 0 Å². The van der Waals surface area contributed by atoms with E-state index >= 15 is 0 Å². The molecule has 2 heterocycles. The number of nitrogens with zero attached hydrogens (tertiary/aromatic N) is 2. The van der Waals surface area contributed by atoms with Gasteiger partial charge in [0.25, 0.3) is 15.9 Å². The van der Waals surface area contributed by atoms with E-state index in [0.717, 1.165) is 35.5 Å². The molecule has 0 atom stereocenters. The van der Waals surface area contributed by atoms with Gasteiger partial charge in [-0.2, -0.15) is 0 Å². The molecule has 1 aliphatic rings. The number of aromatic nitrogens is 1. The lowest BCUT2D eigenvalue weighted by Crippen LogP contribution is -2.40. The predicted molar refractivity (Wildman–Crippen MR) is 105 cm³/mol. The van der Waals surface area contributed by atoms with Crippen molar-refractivity contribution in [3.05, 3.63) is 53.9 Å². The molecular formula is C20H27N3O3S.